The van der Waals surface area contributed by atoms with Crippen molar-refractivity contribution in [2.75, 3.05) is 6.61 Å². The van der Waals surface area contributed by atoms with Crippen molar-refractivity contribution in [3.63, 3.8) is 0 Å². The molecule has 1 aliphatic rings. The average Bonchev–Trinajstić information content (AvgIpc) is 3.04. The maximum Gasteiger partial charge on any atom is 0.255 e. The van der Waals surface area contributed by atoms with Crippen LogP contribution in [0.25, 0.3) is 27.1 Å². The molecule has 6 nitrogen and oxygen atoms in total. The fraction of sp³-hybridized carbons (Fsp3) is 0.250. The number of benzene rings is 1. The highest BCUT2D eigenvalue weighted by molar-refractivity contribution is 6.03. The largest absolute Gasteiger partial charge is 0.475 e. The first-order valence-corrected chi connectivity index (χ1v) is 8.55. The Labute approximate surface area is 149 Å². The van der Waals surface area contributed by atoms with Crippen LogP contribution in [0.4, 0.5) is 0 Å². The van der Waals surface area contributed by atoms with Gasteiger partial charge in [-0.05, 0) is 47.9 Å². The molecular formula is C20H19N3O3. The van der Waals surface area contributed by atoms with Gasteiger partial charge in [-0.3, -0.25) is 9.59 Å². The van der Waals surface area contributed by atoms with Crippen molar-refractivity contribution in [3.05, 3.63) is 53.1 Å². The highest BCUT2D eigenvalue weighted by atomic mass is 16.5. The van der Waals surface area contributed by atoms with Gasteiger partial charge in [0.15, 0.2) is 0 Å². The fourth-order valence-corrected chi connectivity index (χ4v) is 3.35. The Balaban J connectivity index is 1.80. The molecule has 0 spiro atoms. The van der Waals surface area contributed by atoms with Gasteiger partial charge in [-0.15, -0.1) is 0 Å². The molecule has 1 aliphatic heterocycles. The summed E-state index contributed by atoms with van der Waals surface area (Å²) in [6.45, 7) is 6.27. The van der Waals surface area contributed by atoms with E-state index in [4.69, 9.17) is 4.74 Å². The molecule has 1 saturated heterocycles. The molecule has 2 N–H and O–H groups in total. The lowest BCUT2D eigenvalue weighted by Gasteiger charge is -2.14. The fourth-order valence-electron chi connectivity index (χ4n) is 3.35. The first kappa shape index (κ1) is 16.3. The third-order valence-corrected chi connectivity index (χ3v) is 4.71. The predicted molar refractivity (Wildman–Crippen MR) is 101 cm³/mol. The van der Waals surface area contributed by atoms with Gasteiger partial charge in [0.1, 0.15) is 6.61 Å². The maximum atomic E-state index is 12.2. The van der Waals surface area contributed by atoms with Crippen LogP contribution in [0.5, 0.6) is 5.88 Å². The molecule has 1 atom stereocenters. The minimum Gasteiger partial charge on any atom is -0.475 e. The number of amides is 1. The Morgan fingerprint density at radius 2 is 2.15 bits per heavy atom. The van der Waals surface area contributed by atoms with Crippen LogP contribution < -0.4 is 15.6 Å². The summed E-state index contributed by atoms with van der Waals surface area (Å²) in [6.07, 6.45) is 4.64. The second kappa shape index (κ2) is 6.29. The molecule has 1 amide bonds. The van der Waals surface area contributed by atoms with E-state index in [0.717, 1.165) is 33.7 Å². The Kier molecular flexibility index (Phi) is 3.95. The van der Waals surface area contributed by atoms with Crippen molar-refractivity contribution in [3.8, 4) is 5.88 Å². The number of hydrogen-bond acceptors (Lipinski definition) is 4. The summed E-state index contributed by atoms with van der Waals surface area (Å²) in [7, 11) is 0. The number of fused-ring (bicyclic) bond motifs is 2. The van der Waals surface area contributed by atoms with Crippen LogP contribution in [0.2, 0.25) is 0 Å². The van der Waals surface area contributed by atoms with Crippen molar-refractivity contribution in [1.29, 1.82) is 0 Å². The minimum atomic E-state index is -0.139. The first-order chi connectivity index (χ1) is 12.5. The summed E-state index contributed by atoms with van der Waals surface area (Å²) < 4.78 is 5.90. The molecule has 0 radical (unpaired) electrons. The smallest absolute Gasteiger partial charge is 0.255 e. The normalized spacial score (nSPS) is 16.8. The predicted octanol–water partition coefficient (Wildman–Crippen LogP) is 2.77. The van der Waals surface area contributed by atoms with Crippen LogP contribution >= 0.6 is 0 Å². The van der Waals surface area contributed by atoms with Crippen LogP contribution in [0, 0.1) is 0 Å². The zero-order valence-corrected chi connectivity index (χ0v) is 14.5. The van der Waals surface area contributed by atoms with E-state index in [-0.39, 0.29) is 17.5 Å². The number of nitrogens with one attached hydrogen (secondary N) is 2. The quantitative estimate of drug-likeness (QED) is 0.710. The SMILES string of the molecule is C=C(C)c1c[nH]c(=O)c2cc3ccnc(OCC4CCC(=O)N4)c3cc12. The monoisotopic (exact) mass is 349 g/mol. The molecule has 0 bridgehead atoms. The number of nitrogens with zero attached hydrogens (tertiary/aromatic N) is 1. The summed E-state index contributed by atoms with van der Waals surface area (Å²) in [5, 5.41) is 6.02. The minimum absolute atomic E-state index is 0.00818. The lowest BCUT2D eigenvalue weighted by atomic mass is 10.00. The second-order valence-corrected chi connectivity index (χ2v) is 6.66. The van der Waals surface area contributed by atoms with Gasteiger partial charge in [0, 0.05) is 35.2 Å². The van der Waals surface area contributed by atoms with Gasteiger partial charge in [0.2, 0.25) is 11.8 Å². The Hall–Kier alpha value is -3.15. The summed E-state index contributed by atoms with van der Waals surface area (Å²) in [5.41, 5.74) is 1.62. The first-order valence-electron chi connectivity index (χ1n) is 8.55. The zero-order chi connectivity index (χ0) is 18.3. The van der Waals surface area contributed by atoms with E-state index in [0.29, 0.717) is 24.3 Å². The second-order valence-electron chi connectivity index (χ2n) is 6.66. The van der Waals surface area contributed by atoms with Crippen molar-refractivity contribution >= 4 is 33.0 Å². The van der Waals surface area contributed by atoms with Crippen LogP contribution in [-0.4, -0.2) is 28.5 Å². The van der Waals surface area contributed by atoms with Crippen LogP contribution in [0.15, 0.2) is 42.0 Å². The van der Waals surface area contributed by atoms with Crippen LogP contribution in [0.1, 0.15) is 25.3 Å². The molecule has 1 fully saturated rings. The highest BCUT2D eigenvalue weighted by Crippen LogP contribution is 2.30. The van der Waals surface area contributed by atoms with Gasteiger partial charge in [0.25, 0.3) is 5.56 Å². The molecule has 1 aromatic carbocycles. The Morgan fingerprint density at radius 1 is 1.31 bits per heavy atom. The zero-order valence-electron chi connectivity index (χ0n) is 14.5. The summed E-state index contributed by atoms with van der Waals surface area (Å²) >= 11 is 0. The molecule has 26 heavy (non-hydrogen) atoms. The van der Waals surface area contributed by atoms with E-state index in [9.17, 15) is 9.59 Å². The molecule has 2 aromatic heterocycles. The molecule has 132 valence electrons. The summed E-state index contributed by atoms with van der Waals surface area (Å²) in [6, 6.07) is 5.64. The standard InChI is InChI=1S/C20H19N3O3/c1-11(2)17-9-22-19(25)16-7-12-5-6-21-20(14(12)8-15(16)17)26-10-13-3-4-18(24)23-13/h5-9,13H,1,3-4,10H2,2H3,(H,22,25)(H,23,24). The van der Waals surface area contributed by atoms with Gasteiger partial charge >= 0.3 is 0 Å². The van der Waals surface area contributed by atoms with Gasteiger partial charge in [-0.25, -0.2) is 4.98 Å². The van der Waals surface area contributed by atoms with Gasteiger partial charge in [-0.1, -0.05) is 6.58 Å². The number of H-pyrrole nitrogens is 1. The number of aromatic amines is 1. The van der Waals surface area contributed by atoms with Crippen molar-refractivity contribution in [1.82, 2.24) is 15.3 Å². The molecule has 3 aromatic rings. The topological polar surface area (TPSA) is 84.1 Å². The third kappa shape index (κ3) is 2.83. The van der Waals surface area contributed by atoms with Crippen molar-refractivity contribution in [2.45, 2.75) is 25.8 Å². The van der Waals surface area contributed by atoms with Gasteiger partial charge in [-0.2, -0.15) is 0 Å². The van der Waals surface area contributed by atoms with Crippen LogP contribution in [-0.2, 0) is 4.79 Å². The number of aromatic nitrogens is 2. The highest BCUT2D eigenvalue weighted by Gasteiger charge is 2.21. The summed E-state index contributed by atoms with van der Waals surface area (Å²) in [4.78, 5) is 30.7. The van der Waals surface area contributed by atoms with E-state index >= 15 is 0 Å². The molecule has 4 rings (SSSR count). The van der Waals surface area contributed by atoms with E-state index < -0.39 is 0 Å². The van der Waals surface area contributed by atoms with Crippen molar-refractivity contribution in [2.24, 2.45) is 0 Å². The molecule has 3 heterocycles. The molecule has 6 heteroatoms. The average molecular weight is 349 g/mol. The van der Waals surface area contributed by atoms with E-state index in [1.54, 1.807) is 12.4 Å². The van der Waals surface area contributed by atoms with Crippen molar-refractivity contribution < 1.29 is 9.53 Å². The van der Waals surface area contributed by atoms with Gasteiger partial charge < -0.3 is 15.0 Å². The number of ether oxygens (including phenoxy) is 1. The number of rotatable bonds is 4. The van der Waals surface area contributed by atoms with Crippen LogP contribution in [0.3, 0.4) is 0 Å². The third-order valence-electron chi connectivity index (χ3n) is 4.71. The summed E-state index contributed by atoms with van der Waals surface area (Å²) in [5.74, 6) is 0.555. The number of hydrogen-bond donors (Lipinski definition) is 2. The molecule has 0 saturated carbocycles. The molecular weight excluding hydrogens is 330 g/mol. The number of allylic oxidation sites excluding steroid dienone is 1. The molecule has 0 aliphatic carbocycles. The lowest BCUT2D eigenvalue weighted by molar-refractivity contribution is -0.119. The van der Waals surface area contributed by atoms with E-state index in [1.807, 2.05) is 25.1 Å². The number of pyridine rings is 2. The number of carbonyl (C=O) groups excluding carboxylic acids is 1. The molecule has 1 unspecified atom stereocenters. The maximum absolute atomic E-state index is 12.2. The van der Waals surface area contributed by atoms with Gasteiger partial charge in [0.05, 0.1) is 6.04 Å². The van der Waals surface area contributed by atoms with E-state index in [2.05, 4.69) is 21.9 Å². The Morgan fingerprint density at radius 3 is 2.88 bits per heavy atom. The Bertz CT molecular complexity index is 1100. The lowest BCUT2D eigenvalue weighted by Crippen LogP contribution is -2.31. The number of carbonyl (C=O) groups is 1. The van der Waals surface area contributed by atoms with E-state index in [1.165, 1.54) is 0 Å².